The number of halogens is 8. The maximum Gasteiger partial charge on any atom is 0.411 e. The first-order chi connectivity index (χ1) is 12.1. The van der Waals surface area contributed by atoms with Crippen LogP contribution in [0.3, 0.4) is 0 Å². The summed E-state index contributed by atoms with van der Waals surface area (Å²) >= 11 is 0. The van der Waals surface area contributed by atoms with Gasteiger partial charge in [-0.25, -0.2) is 8.78 Å². The number of alkyl halides is 6. The molecule has 2 aromatic rings. The Balaban J connectivity index is 3.06. The molecule has 148 valence electrons. The van der Waals surface area contributed by atoms with Crippen molar-refractivity contribution in [3.8, 4) is 0 Å². The Kier molecular flexibility index (Phi) is 5.09. The molecule has 8 heteroatoms. The molecule has 0 aliphatic rings. The Bertz CT molecular complexity index is 755. The van der Waals surface area contributed by atoms with Crippen molar-refractivity contribution in [2.24, 2.45) is 0 Å². The lowest BCUT2D eigenvalue weighted by Gasteiger charge is -2.39. The summed E-state index contributed by atoms with van der Waals surface area (Å²) in [5, 5.41) is 0. The van der Waals surface area contributed by atoms with Crippen LogP contribution < -0.4 is 0 Å². The summed E-state index contributed by atoms with van der Waals surface area (Å²) in [5.74, 6) is -1.77. The zero-order chi connectivity index (χ0) is 20.9. The van der Waals surface area contributed by atoms with Gasteiger partial charge in [0, 0.05) is 0 Å². The number of aryl methyl sites for hydroxylation is 4. The lowest BCUT2D eigenvalue weighted by Crippen LogP contribution is -2.55. The normalized spacial score (nSPS) is 13.2. The van der Waals surface area contributed by atoms with E-state index >= 15 is 0 Å². The van der Waals surface area contributed by atoms with E-state index in [2.05, 4.69) is 0 Å². The fraction of sp³-hybridized carbons (Fsp3) is 0.368. The minimum atomic E-state index is -5.81. The van der Waals surface area contributed by atoms with Crippen LogP contribution in [0.1, 0.15) is 33.4 Å². The molecular formula is C19H16F8. The predicted octanol–water partition coefficient (Wildman–Crippen LogP) is 6.61. The first-order valence-corrected chi connectivity index (χ1v) is 7.82. The molecule has 0 atom stereocenters. The standard InChI is InChI=1S/C19H16F8/c1-9-5-13(6-10(2)15(9)20)17(18(22,23)24,19(25,26)27)14-7-11(3)16(21)12(4)8-14/h5-8H,1-4H3. The lowest BCUT2D eigenvalue weighted by molar-refractivity contribution is -0.288. The van der Waals surface area contributed by atoms with Gasteiger partial charge >= 0.3 is 12.4 Å². The molecule has 0 N–H and O–H groups in total. The van der Waals surface area contributed by atoms with Gasteiger partial charge in [-0.2, -0.15) is 26.3 Å². The molecule has 0 aromatic heterocycles. The topological polar surface area (TPSA) is 0 Å². The fourth-order valence-electron chi connectivity index (χ4n) is 3.31. The van der Waals surface area contributed by atoms with E-state index in [0.29, 0.717) is 24.3 Å². The Hall–Kier alpha value is -2.12. The summed E-state index contributed by atoms with van der Waals surface area (Å²) in [4.78, 5) is 0. The predicted molar refractivity (Wildman–Crippen MR) is 84.6 cm³/mol. The summed E-state index contributed by atoms with van der Waals surface area (Å²) in [6, 6.07) is 2.16. The van der Waals surface area contributed by atoms with Gasteiger partial charge in [0.15, 0.2) is 0 Å². The molecule has 2 rings (SSSR count). The second kappa shape index (κ2) is 6.49. The van der Waals surface area contributed by atoms with Crippen LogP contribution in [0.2, 0.25) is 0 Å². The molecule has 0 radical (unpaired) electrons. The largest absolute Gasteiger partial charge is 0.411 e. The quantitative estimate of drug-likeness (QED) is 0.501. The average molecular weight is 396 g/mol. The minimum Gasteiger partial charge on any atom is -0.206 e. The van der Waals surface area contributed by atoms with Gasteiger partial charge in [-0.05, 0) is 61.1 Å². The van der Waals surface area contributed by atoms with Crippen molar-refractivity contribution < 1.29 is 35.1 Å². The second-order valence-electron chi connectivity index (χ2n) is 6.59. The highest BCUT2D eigenvalue weighted by molar-refractivity contribution is 5.49. The molecule has 0 bridgehead atoms. The number of rotatable bonds is 2. The summed E-state index contributed by atoms with van der Waals surface area (Å²) in [5.41, 5.74) is -8.14. The van der Waals surface area contributed by atoms with Gasteiger partial charge in [0.2, 0.25) is 5.41 Å². The van der Waals surface area contributed by atoms with Crippen LogP contribution in [0.25, 0.3) is 0 Å². The Morgan fingerprint density at radius 1 is 0.519 bits per heavy atom. The molecule has 0 unspecified atom stereocenters. The van der Waals surface area contributed by atoms with Crippen molar-refractivity contribution in [3.05, 3.63) is 69.3 Å². The molecule has 0 nitrogen and oxygen atoms in total. The van der Waals surface area contributed by atoms with Crippen LogP contribution in [0.5, 0.6) is 0 Å². The van der Waals surface area contributed by atoms with E-state index in [1.165, 1.54) is 0 Å². The van der Waals surface area contributed by atoms with Crippen LogP contribution in [0.4, 0.5) is 35.1 Å². The average Bonchev–Trinajstić information content (AvgIpc) is 2.47. The van der Waals surface area contributed by atoms with Gasteiger partial charge < -0.3 is 0 Å². The van der Waals surface area contributed by atoms with E-state index in [9.17, 15) is 35.1 Å². The van der Waals surface area contributed by atoms with E-state index in [1.807, 2.05) is 0 Å². The smallest absolute Gasteiger partial charge is 0.206 e. The van der Waals surface area contributed by atoms with Crippen molar-refractivity contribution in [2.45, 2.75) is 45.5 Å². The number of benzene rings is 2. The SMILES string of the molecule is Cc1cc(C(c2cc(C)c(F)c(C)c2)(C(F)(F)F)C(F)(F)F)cc(C)c1F. The first-order valence-electron chi connectivity index (χ1n) is 7.82. The molecular weight excluding hydrogens is 380 g/mol. The summed E-state index contributed by atoms with van der Waals surface area (Å²) in [6.45, 7) is 4.35. The van der Waals surface area contributed by atoms with Crippen LogP contribution in [0.15, 0.2) is 24.3 Å². The highest BCUT2D eigenvalue weighted by atomic mass is 19.4. The zero-order valence-electron chi connectivity index (χ0n) is 14.8. The Labute approximate surface area is 150 Å². The Morgan fingerprint density at radius 2 is 0.741 bits per heavy atom. The number of hydrogen-bond donors (Lipinski definition) is 0. The van der Waals surface area contributed by atoms with Gasteiger partial charge in [0.25, 0.3) is 0 Å². The third-order valence-corrected chi connectivity index (χ3v) is 4.59. The van der Waals surface area contributed by atoms with Crippen molar-refractivity contribution in [2.75, 3.05) is 0 Å². The second-order valence-corrected chi connectivity index (χ2v) is 6.59. The molecule has 0 aliphatic carbocycles. The van der Waals surface area contributed by atoms with Crippen LogP contribution in [-0.4, -0.2) is 12.4 Å². The third kappa shape index (κ3) is 3.19. The summed E-state index contributed by atoms with van der Waals surface area (Å²) < 4.78 is 112. The van der Waals surface area contributed by atoms with Gasteiger partial charge in [0.1, 0.15) is 11.6 Å². The summed E-state index contributed by atoms with van der Waals surface area (Å²) in [7, 11) is 0. The molecule has 2 aromatic carbocycles. The summed E-state index contributed by atoms with van der Waals surface area (Å²) in [6.07, 6.45) is -11.6. The van der Waals surface area contributed by atoms with Gasteiger partial charge in [0.05, 0.1) is 0 Å². The maximum absolute atomic E-state index is 14.1. The molecule has 0 spiro atoms. The Morgan fingerprint density at radius 3 is 0.926 bits per heavy atom. The van der Waals surface area contributed by atoms with Crippen molar-refractivity contribution in [1.82, 2.24) is 0 Å². The van der Waals surface area contributed by atoms with Gasteiger partial charge in [-0.3, -0.25) is 0 Å². The van der Waals surface area contributed by atoms with E-state index in [4.69, 9.17) is 0 Å². The van der Waals surface area contributed by atoms with Crippen molar-refractivity contribution in [3.63, 3.8) is 0 Å². The molecule has 0 saturated carbocycles. The van der Waals surface area contributed by atoms with E-state index < -0.39 is 40.5 Å². The zero-order valence-corrected chi connectivity index (χ0v) is 14.8. The molecule has 0 heterocycles. The molecule has 0 amide bonds. The van der Waals surface area contributed by atoms with Gasteiger partial charge in [-0.1, -0.05) is 24.3 Å². The van der Waals surface area contributed by atoms with Crippen molar-refractivity contribution in [1.29, 1.82) is 0 Å². The fourth-order valence-corrected chi connectivity index (χ4v) is 3.31. The minimum absolute atomic E-state index is 0.349. The first kappa shape index (κ1) is 21.2. The molecule has 0 fully saturated rings. The highest BCUT2D eigenvalue weighted by Crippen LogP contribution is 2.56. The monoisotopic (exact) mass is 396 g/mol. The van der Waals surface area contributed by atoms with E-state index in [1.54, 1.807) is 0 Å². The number of hydrogen-bond acceptors (Lipinski definition) is 0. The van der Waals surface area contributed by atoms with Crippen LogP contribution >= 0.6 is 0 Å². The van der Waals surface area contributed by atoms with Crippen molar-refractivity contribution >= 4 is 0 Å². The van der Waals surface area contributed by atoms with E-state index in [-0.39, 0.29) is 22.3 Å². The maximum atomic E-state index is 14.1. The van der Waals surface area contributed by atoms with Gasteiger partial charge in [-0.15, -0.1) is 0 Å². The van der Waals surface area contributed by atoms with E-state index in [0.717, 1.165) is 27.7 Å². The van der Waals surface area contributed by atoms with Crippen LogP contribution in [-0.2, 0) is 5.41 Å². The molecule has 0 saturated heterocycles. The third-order valence-electron chi connectivity index (χ3n) is 4.59. The lowest BCUT2D eigenvalue weighted by atomic mass is 9.71. The molecule has 27 heavy (non-hydrogen) atoms. The van der Waals surface area contributed by atoms with Crippen LogP contribution in [0, 0.1) is 39.3 Å². The highest BCUT2D eigenvalue weighted by Gasteiger charge is 2.72. The molecule has 0 aliphatic heterocycles.